The van der Waals surface area contributed by atoms with Gasteiger partial charge in [0.15, 0.2) is 0 Å². The highest BCUT2D eigenvalue weighted by molar-refractivity contribution is 5.64. The lowest BCUT2D eigenvalue weighted by Gasteiger charge is -2.36. The van der Waals surface area contributed by atoms with Crippen LogP contribution in [0, 0.1) is 0 Å². The molecule has 1 aliphatic carbocycles. The minimum atomic E-state index is -0.890. The van der Waals surface area contributed by atoms with Crippen molar-refractivity contribution in [3.05, 3.63) is 54.1 Å². The van der Waals surface area contributed by atoms with Gasteiger partial charge in [0, 0.05) is 0 Å². The number of rotatable bonds is 14. The Morgan fingerprint density at radius 2 is 1.39 bits per heavy atom. The van der Waals surface area contributed by atoms with Gasteiger partial charge in [-0.05, 0) is 67.3 Å². The monoisotopic (exact) mass is 496 g/mol. The van der Waals surface area contributed by atoms with Gasteiger partial charge in [-0.1, -0.05) is 88.8 Å². The second-order valence-electron chi connectivity index (χ2n) is 10.0. The van der Waals surface area contributed by atoms with Crippen LogP contribution in [-0.2, 0) is 15.1 Å². The summed E-state index contributed by atoms with van der Waals surface area (Å²) in [6, 6.07) is 16.4. The summed E-state index contributed by atoms with van der Waals surface area (Å²) in [4.78, 5) is 11.8. The Hall–Kier alpha value is -2.53. The molecule has 0 spiro atoms. The SMILES string of the molecule is CCCCCCCCOc1ccc(-c2ccc(C3(O)CCC(OC(=O)OCCCC)CC3)cc2)cc1. The molecule has 1 N–H and O–H groups in total. The molecule has 36 heavy (non-hydrogen) atoms. The lowest BCUT2D eigenvalue weighted by molar-refractivity contribution is -0.0537. The zero-order chi connectivity index (χ0) is 25.6. The molecule has 0 aromatic heterocycles. The van der Waals surface area contributed by atoms with Gasteiger partial charge in [0.05, 0.1) is 18.8 Å². The van der Waals surface area contributed by atoms with E-state index in [9.17, 15) is 9.90 Å². The molecule has 1 aliphatic rings. The van der Waals surface area contributed by atoms with Crippen molar-refractivity contribution in [3.8, 4) is 16.9 Å². The molecule has 1 saturated carbocycles. The van der Waals surface area contributed by atoms with E-state index < -0.39 is 11.8 Å². The van der Waals surface area contributed by atoms with Crippen LogP contribution in [0.25, 0.3) is 11.1 Å². The average Bonchev–Trinajstić information content (AvgIpc) is 2.90. The van der Waals surface area contributed by atoms with Crippen molar-refractivity contribution < 1.29 is 24.1 Å². The van der Waals surface area contributed by atoms with Crippen LogP contribution in [0.3, 0.4) is 0 Å². The quantitative estimate of drug-likeness (QED) is 0.211. The van der Waals surface area contributed by atoms with Crippen LogP contribution >= 0.6 is 0 Å². The predicted molar refractivity (Wildman–Crippen MR) is 144 cm³/mol. The third-order valence-electron chi connectivity index (χ3n) is 7.12. The number of aliphatic hydroxyl groups is 1. The minimum Gasteiger partial charge on any atom is -0.494 e. The fraction of sp³-hybridized carbons (Fsp3) is 0.581. The van der Waals surface area contributed by atoms with Crippen molar-refractivity contribution in [2.24, 2.45) is 0 Å². The molecular formula is C31H44O5. The molecule has 0 atom stereocenters. The Balaban J connectivity index is 1.44. The maximum absolute atomic E-state index is 11.8. The average molecular weight is 497 g/mol. The summed E-state index contributed by atoms with van der Waals surface area (Å²) in [5.41, 5.74) is 2.25. The van der Waals surface area contributed by atoms with Crippen LogP contribution in [0.2, 0.25) is 0 Å². The van der Waals surface area contributed by atoms with Gasteiger partial charge in [-0.3, -0.25) is 0 Å². The van der Waals surface area contributed by atoms with Crippen molar-refractivity contribution in [1.82, 2.24) is 0 Å². The molecule has 2 aromatic carbocycles. The highest BCUT2D eigenvalue weighted by atomic mass is 16.7. The maximum atomic E-state index is 11.8. The Morgan fingerprint density at radius 1 is 0.806 bits per heavy atom. The first kappa shape index (κ1) is 28.0. The Kier molecular flexibility index (Phi) is 11.6. The largest absolute Gasteiger partial charge is 0.508 e. The van der Waals surface area contributed by atoms with Gasteiger partial charge in [0.25, 0.3) is 0 Å². The van der Waals surface area contributed by atoms with E-state index >= 15 is 0 Å². The number of unbranched alkanes of at least 4 members (excludes halogenated alkanes) is 6. The molecule has 5 heteroatoms. The van der Waals surface area contributed by atoms with Crippen molar-refractivity contribution in [1.29, 1.82) is 0 Å². The summed E-state index contributed by atoms with van der Waals surface area (Å²) in [6.45, 7) is 5.45. The van der Waals surface area contributed by atoms with E-state index in [-0.39, 0.29) is 6.10 Å². The van der Waals surface area contributed by atoms with Gasteiger partial charge in [0.1, 0.15) is 11.9 Å². The van der Waals surface area contributed by atoms with Crippen LogP contribution in [0.15, 0.2) is 48.5 Å². The molecule has 0 heterocycles. The van der Waals surface area contributed by atoms with Crippen LogP contribution in [0.1, 0.15) is 96.5 Å². The fourth-order valence-electron chi connectivity index (χ4n) is 4.73. The zero-order valence-corrected chi connectivity index (χ0v) is 22.2. The number of carbonyl (C=O) groups is 1. The van der Waals surface area contributed by atoms with Gasteiger partial charge in [-0.25, -0.2) is 4.79 Å². The van der Waals surface area contributed by atoms with Crippen molar-refractivity contribution in [2.75, 3.05) is 13.2 Å². The Morgan fingerprint density at radius 3 is 2.03 bits per heavy atom. The number of benzene rings is 2. The Labute approximate surface area is 217 Å². The topological polar surface area (TPSA) is 65.0 Å². The second kappa shape index (κ2) is 14.9. The summed E-state index contributed by atoms with van der Waals surface area (Å²) < 4.78 is 16.4. The maximum Gasteiger partial charge on any atom is 0.508 e. The third kappa shape index (κ3) is 8.85. The van der Waals surface area contributed by atoms with E-state index in [1.807, 2.05) is 31.2 Å². The van der Waals surface area contributed by atoms with Crippen LogP contribution in [0.4, 0.5) is 4.79 Å². The molecule has 198 valence electrons. The zero-order valence-electron chi connectivity index (χ0n) is 22.2. The molecule has 3 rings (SSSR count). The number of carbonyl (C=O) groups excluding carboxylic acids is 1. The molecular weight excluding hydrogens is 452 g/mol. The third-order valence-corrected chi connectivity index (χ3v) is 7.12. The van der Waals surface area contributed by atoms with Gasteiger partial charge >= 0.3 is 6.16 Å². The van der Waals surface area contributed by atoms with E-state index in [4.69, 9.17) is 14.2 Å². The van der Waals surface area contributed by atoms with E-state index in [1.165, 1.54) is 32.1 Å². The standard InChI is InChI=1S/C31H44O5/c1-3-5-7-8-9-10-24-34-28-17-13-26(14-18-28)25-11-15-27(16-12-25)31(33)21-19-29(20-22-31)36-30(32)35-23-6-4-2/h11-18,29,33H,3-10,19-24H2,1-2H3. The van der Waals surface area contributed by atoms with E-state index in [2.05, 4.69) is 31.2 Å². The molecule has 0 bridgehead atoms. The van der Waals surface area contributed by atoms with Gasteiger partial charge < -0.3 is 19.3 Å². The highest BCUT2D eigenvalue weighted by Crippen LogP contribution is 2.39. The number of ether oxygens (including phenoxy) is 3. The lowest BCUT2D eigenvalue weighted by Crippen LogP contribution is -2.35. The first-order valence-electron chi connectivity index (χ1n) is 13.9. The number of hydrogen-bond donors (Lipinski definition) is 1. The van der Waals surface area contributed by atoms with Gasteiger partial charge in [-0.2, -0.15) is 0 Å². The normalized spacial score (nSPS) is 19.6. The molecule has 2 aromatic rings. The molecule has 0 saturated heterocycles. The summed E-state index contributed by atoms with van der Waals surface area (Å²) in [5, 5.41) is 11.2. The van der Waals surface area contributed by atoms with Crippen LogP contribution in [-0.4, -0.2) is 30.6 Å². The van der Waals surface area contributed by atoms with E-state index in [0.717, 1.165) is 48.3 Å². The van der Waals surface area contributed by atoms with Crippen molar-refractivity contribution >= 4 is 6.16 Å². The number of hydrogen-bond acceptors (Lipinski definition) is 5. The molecule has 5 nitrogen and oxygen atoms in total. The van der Waals surface area contributed by atoms with Gasteiger partial charge in [0.2, 0.25) is 0 Å². The fourth-order valence-corrected chi connectivity index (χ4v) is 4.73. The Bertz CT molecular complexity index is 882. The first-order valence-corrected chi connectivity index (χ1v) is 13.9. The van der Waals surface area contributed by atoms with Gasteiger partial charge in [-0.15, -0.1) is 0 Å². The van der Waals surface area contributed by atoms with E-state index in [0.29, 0.717) is 32.3 Å². The summed E-state index contributed by atoms with van der Waals surface area (Å²) >= 11 is 0. The minimum absolute atomic E-state index is 0.194. The molecule has 0 amide bonds. The second-order valence-corrected chi connectivity index (χ2v) is 10.0. The molecule has 0 aliphatic heterocycles. The lowest BCUT2D eigenvalue weighted by atomic mass is 9.78. The van der Waals surface area contributed by atoms with E-state index in [1.54, 1.807) is 0 Å². The van der Waals surface area contributed by atoms with Crippen LogP contribution in [0.5, 0.6) is 5.75 Å². The molecule has 0 unspecified atom stereocenters. The summed E-state index contributed by atoms with van der Waals surface area (Å²) in [5.74, 6) is 0.909. The highest BCUT2D eigenvalue weighted by Gasteiger charge is 2.36. The summed E-state index contributed by atoms with van der Waals surface area (Å²) in [7, 11) is 0. The smallest absolute Gasteiger partial charge is 0.494 e. The first-order chi connectivity index (χ1) is 17.5. The predicted octanol–water partition coefficient (Wildman–Crippen LogP) is 8.18. The molecule has 0 radical (unpaired) electrons. The molecule has 1 fully saturated rings. The van der Waals surface area contributed by atoms with Crippen molar-refractivity contribution in [2.45, 2.75) is 103 Å². The van der Waals surface area contributed by atoms with Crippen LogP contribution < -0.4 is 4.74 Å². The summed E-state index contributed by atoms with van der Waals surface area (Å²) in [6.07, 6.45) is 11.0. The van der Waals surface area contributed by atoms with Crippen molar-refractivity contribution in [3.63, 3.8) is 0 Å².